The Bertz CT molecular complexity index is 1330. The molecular formula is C35H43N3O3. The molecule has 6 heteroatoms. The number of amides is 2. The van der Waals surface area contributed by atoms with Crippen LogP contribution < -0.4 is 15.4 Å². The number of aryl methyl sites for hydroxylation is 1. The van der Waals surface area contributed by atoms with Gasteiger partial charge in [-0.3, -0.25) is 9.59 Å². The molecule has 1 fully saturated rings. The van der Waals surface area contributed by atoms with E-state index in [9.17, 15) is 9.59 Å². The summed E-state index contributed by atoms with van der Waals surface area (Å²) >= 11 is 0. The lowest BCUT2D eigenvalue weighted by atomic mass is 9.83. The van der Waals surface area contributed by atoms with Crippen LogP contribution in [0.25, 0.3) is 11.1 Å². The SMILES string of the molecule is COc1c(C2CCN(CCCCNC(=O)c3ccc(-c4ccc(NC(C)=O)cc4)cc3)CC2)ccc2c1CCCC2. The molecule has 1 saturated heterocycles. The van der Waals surface area contributed by atoms with Gasteiger partial charge in [0.1, 0.15) is 5.75 Å². The monoisotopic (exact) mass is 553 g/mol. The van der Waals surface area contributed by atoms with Gasteiger partial charge in [0.05, 0.1) is 7.11 Å². The third-order valence-corrected chi connectivity index (χ3v) is 8.61. The van der Waals surface area contributed by atoms with Crippen LogP contribution >= 0.6 is 0 Å². The molecule has 5 rings (SSSR count). The van der Waals surface area contributed by atoms with Crippen molar-refractivity contribution < 1.29 is 14.3 Å². The first-order chi connectivity index (χ1) is 20.0. The molecule has 6 nitrogen and oxygen atoms in total. The van der Waals surface area contributed by atoms with Crippen LogP contribution in [0.1, 0.15) is 78.4 Å². The maximum Gasteiger partial charge on any atom is 0.251 e. The lowest BCUT2D eigenvalue weighted by Crippen LogP contribution is -2.34. The van der Waals surface area contributed by atoms with Crippen molar-refractivity contribution in [3.8, 4) is 16.9 Å². The Hall–Kier alpha value is -3.64. The number of nitrogens with one attached hydrogen (secondary N) is 2. The van der Waals surface area contributed by atoms with Crippen LogP contribution in [0.5, 0.6) is 5.75 Å². The molecule has 0 bridgehead atoms. The standard InChI is InChI=1S/C35H43N3O3/c1-25(39)37-31-16-13-27(14-17-31)26-9-11-30(12-10-26)35(40)36-21-5-6-22-38-23-19-29(20-24-38)33-18-15-28-7-3-4-8-32(28)34(33)41-2/h9-18,29H,3-8,19-24H2,1-2H3,(H,36,40)(H,37,39). The van der Waals surface area contributed by atoms with E-state index in [4.69, 9.17) is 4.74 Å². The highest BCUT2D eigenvalue weighted by Crippen LogP contribution is 2.40. The number of unbranched alkanes of at least 4 members (excludes halogenated alkanes) is 1. The molecular weight excluding hydrogens is 510 g/mol. The Morgan fingerprint density at radius 1 is 0.878 bits per heavy atom. The number of ether oxygens (including phenoxy) is 1. The molecule has 0 unspecified atom stereocenters. The molecule has 2 N–H and O–H groups in total. The van der Waals surface area contributed by atoms with Crippen LogP contribution in [0.3, 0.4) is 0 Å². The molecule has 0 aromatic heterocycles. The van der Waals surface area contributed by atoms with Gasteiger partial charge in [0.15, 0.2) is 0 Å². The van der Waals surface area contributed by atoms with Crippen LogP contribution in [0.4, 0.5) is 5.69 Å². The zero-order valence-corrected chi connectivity index (χ0v) is 24.5. The minimum Gasteiger partial charge on any atom is -0.496 e. The van der Waals surface area contributed by atoms with Crippen LogP contribution in [0.2, 0.25) is 0 Å². The number of nitrogens with zero attached hydrogens (tertiary/aromatic N) is 1. The Labute approximate surface area is 244 Å². The number of rotatable bonds is 10. The minimum atomic E-state index is -0.0876. The topological polar surface area (TPSA) is 70.7 Å². The van der Waals surface area contributed by atoms with Crippen molar-refractivity contribution in [1.29, 1.82) is 0 Å². The van der Waals surface area contributed by atoms with E-state index >= 15 is 0 Å². The fourth-order valence-electron chi connectivity index (χ4n) is 6.37. The van der Waals surface area contributed by atoms with Gasteiger partial charge < -0.3 is 20.3 Å². The van der Waals surface area contributed by atoms with Gasteiger partial charge in [-0.15, -0.1) is 0 Å². The number of benzene rings is 3. The lowest BCUT2D eigenvalue weighted by molar-refractivity contribution is -0.114. The molecule has 0 radical (unpaired) electrons. The fraction of sp³-hybridized carbons (Fsp3) is 0.429. The van der Waals surface area contributed by atoms with Crippen molar-refractivity contribution >= 4 is 17.5 Å². The summed E-state index contributed by atoms with van der Waals surface area (Å²) in [6, 6.07) is 20.1. The summed E-state index contributed by atoms with van der Waals surface area (Å²) in [5.41, 5.74) is 7.89. The average Bonchev–Trinajstić information content (AvgIpc) is 3.00. The van der Waals surface area contributed by atoms with E-state index in [1.54, 1.807) is 0 Å². The summed E-state index contributed by atoms with van der Waals surface area (Å²) in [6.07, 6.45) is 9.34. The summed E-state index contributed by atoms with van der Waals surface area (Å²) in [5.74, 6) is 1.64. The number of fused-ring (bicyclic) bond motifs is 1. The number of hydrogen-bond acceptors (Lipinski definition) is 4. The number of methoxy groups -OCH3 is 1. The average molecular weight is 554 g/mol. The largest absolute Gasteiger partial charge is 0.496 e. The van der Waals surface area contributed by atoms with Gasteiger partial charge in [-0.2, -0.15) is 0 Å². The van der Waals surface area contributed by atoms with E-state index < -0.39 is 0 Å². The van der Waals surface area contributed by atoms with Crippen LogP contribution in [0.15, 0.2) is 60.7 Å². The zero-order valence-electron chi connectivity index (χ0n) is 24.5. The van der Waals surface area contributed by atoms with E-state index in [1.165, 1.54) is 61.5 Å². The van der Waals surface area contributed by atoms with Gasteiger partial charge in [-0.05, 0) is 129 Å². The third-order valence-electron chi connectivity index (χ3n) is 8.61. The van der Waals surface area contributed by atoms with Crippen LogP contribution in [-0.4, -0.2) is 50.0 Å². The van der Waals surface area contributed by atoms with Gasteiger partial charge in [-0.25, -0.2) is 0 Å². The quantitative estimate of drug-likeness (QED) is 0.278. The van der Waals surface area contributed by atoms with Crippen molar-refractivity contribution in [2.45, 2.75) is 64.2 Å². The molecule has 3 aromatic carbocycles. The number of anilines is 1. The Morgan fingerprint density at radius 2 is 1.56 bits per heavy atom. The summed E-state index contributed by atoms with van der Waals surface area (Å²) in [5, 5.41) is 5.85. The Kier molecular flexibility index (Phi) is 9.73. The second kappa shape index (κ2) is 13.8. The minimum absolute atomic E-state index is 0.0302. The first-order valence-corrected chi connectivity index (χ1v) is 15.2. The fourth-order valence-corrected chi connectivity index (χ4v) is 6.37. The summed E-state index contributed by atoms with van der Waals surface area (Å²) < 4.78 is 5.95. The van der Waals surface area contributed by atoms with Crippen molar-refractivity contribution in [1.82, 2.24) is 10.2 Å². The lowest BCUT2D eigenvalue weighted by Gasteiger charge is -2.33. The van der Waals surface area contributed by atoms with Gasteiger partial charge in [-0.1, -0.05) is 36.4 Å². The molecule has 1 aliphatic carbocycles. The van der Waals surface area contributed by atoms with E-state index in [2.05, 4.69) is 27.7 Å². The highest BCUT2D eigenvalue weighted by atomic mass is 16.5. The number of piperidine rings is 1. The van der Waals surface area contributed by atoms with Crippen molar-refractivity contribution in [3.63, 3.8) is 0 Å². The summed E-state index contributed by atoms with van der Waals surface area (Å²) in [6.45, 7) is 5.52. The van der Waals surface area contributed by atoms with Crippen molar-refractivity contribution in [2.75, 3.05) is 38.6 Å². The number of carbonyl (C=O) groups is 2. The molecule has 3 aromatic rings. The Morgan fingerprint density at radius 3 is 2.24 bits per heavy atom. The van der Waals surface area contributed by atoms with E-state index in [0.29, 0.717) is 18.0 Å². The highest BCUT2D eigenvalue weighted by Gasteiger charge is 2.26. The number of hydrogen-bond donors (Lipinski definition) is 2. The number of likely N-dealkylation sites (tertiary alicyclic amines) is 1. The first kappa shape index (κ1) is 28.9. The first-order valence-electron chi connectivity index (χ1n) is 15.2. The number of carbonyl (C=O) groups excluding carboxylic acids is 2. The molecule has 41 heavy (non-hydrogen) atoms. The molecule has 2 aliphatic rings. The summed E-state index contributed by atoms with van der Waals surface area (Å²) in [4.78, 5) is 26.4. The maximum absolute atomic E-state index is 12.6. The van der Waals surface area contributed by atoms with Crippen molar-refractivity contribution in [2.24, 2.45) is 0 Å². The molecule has 0 spiro atoms. The predicted molar refractivity (Wildman–Crippen MR) is 166 cm³/mol. The van der Waals surface area contributed by atoms with Gasteiger partial charge >= 0.3 is 0 Å². The summed E-state index contributed by atoms with van der Waals surface area (Å²) in [7, 11) is 1.84. The normalized spacial score (nSPS) is 15.7. The predicted octanol–water partition coefficient (Wildman–Crippen LogP) is 6.59. The second-order valence-corrected chi connectivity index (χ2v) is 11.4. The third kappa shape index (κ3) is 7.36. The molecule has 1 heterocycles. The maximum atomic E-state index is 12.6. The molecule has 1 aliphatic heterocycles. The molecule has 0 atom stereocenters. The zero-order chi connectivity index (χ0) is 28.6. The van der Waals surface area contributed by atoms with E-state index in [0.717, 1.165) is 55.7 Å². The Balaban J connectivity index is 1.01. The van der Waals surface area contributed by atoms with E-state index in [1.807, 2.05) is 55.6 Å². The van der Waals surface area contributed by atoms with Gasteiger partial charge in [0, 0.05) is 24.7 Å². The smallest absolute Gasteiger partial charge is 0.251 e. The van der Waals surface area contributed by atoms with Gasteiger partial charge in [0.25, 0.3) is 5.91 Å². The van der Waals surface area contributed by atoms with Crippen LogP contribution in [0, 0.1) is 0 Å². The van der Waals surface area contributed by atoms with E-state index in [-0.39, 0.29) is 11.8 Å². The molecule has 2 amide bonds. The van der Waals surface area contributed by atoms with Gasteiger partial charge in [0.2, 0.25) is 5.91 Å². The highest BCUT2D eigenvalue weighted by molar-refractivity contribution is 5.94. The van der Waals surface area contributed by atoms with Crippen molar-refractivity contribution in [3.05, 3.63) is 82.9 Å². The molecule has 0 saturated carbocycles. The molecule has 216 valence electrons. The second-order valence-electron chi connectivity index (χ2n) is 11.4. The van der Waals surface area contributed by atoms with Crippen LogP contribution in [-0.2, 0) is 17.6 Å².